The molecule has 4 heterocycles. The van der Waals surface area contributed by atoms with Crippen LogP contribution in [0.25, 0.3) is 17.1 Å². The van der Waals surface area contributed by atoms with Crippen molar-refractivity contribution in [3.63, 3.8) is 0 Å². The molecule has 124 valence electrons. The van der Waals surface area contributed by atoms with E-state index < -0.39 is 11.8 Å². The average molecular weight is 338 g/mol. The molecule has 0 aliphatic rings. The Morgan fingerprint density at radius 2 is 2.20 bits per heavy atom. The number of imidazole rings is 1. The molecule has 0 atom stereocenters. The van der Waals surface area contributed by atoms with E-state index >= 15 is 0 Å². The molecule has 0 aliphatic carbocycles. The fourth-order valence-electron chi connectivity index (χ4n) is 2.31. The maximum atomic E-state index is 12.4. The van der Waals surface area contributed by atoms with E-state index in [0.29, 0.717) is 11.5 Å². The van der Waals surface area contributed by atoms with Gasteiger partial charge in [0.05, 0.1) is 12.0 Å². The summed E-state index contributed by atoms with van der Waals surface area (Å²) in [6, 6.07) is 4.91. The van der Waals surface area contributed by atoms with Gasteiger partial charge in [0.1, 0.15) is 18.3 Å². The molecular formula is C14H10N8O3. The summed E-state index contributed by atoms with van der Waals surface area (Å²) >= 11 is 0. The average Bonchev–Trinajstić information content (AvgIpc) is 3.34. The Bertz CT molecular complexity index is 1070. The van der Waals surface area contributed by atoms with Crippen LogP contribution in [0, 0.1) is 0 Å². The summed E-state index contributed by atoms with van der Waals surface area (Å²) in [4.78, 5) is 36.0. The summed E-state index contributed by atoms with van der Waals surface area (Å²) in [6.45, 7) is 0. The third-order valence-electron chi connectivity index (χ3n) is 3.39. The van der Waals surface area contributed by atoms with Gasteiger partial charge in [-0.15, -0.1) is 0 Å². The predicted molar refractivity (Wildman–Crippen MR) is 83.5 cm³/mol. The number of aromatic nitrogens is 6. The van der Waals surface area contributed by atoms with Gasteiger partial charge in [-0.2, -0.15) is 10.1 Å². The molecule has 4 N–H and O–H groups in total. The van der Waals surface area contributed by atoms with Crippen LogP contribution in [-0.2, 0) is 0 Å². The number of rotatable bonds is 4. The van der Waals surface area contributed by atoms with Crippen LogP contribution < -0.4 is 11.1 Å². The molecule has 4 rings (SSSR count). The minimum Gasteiger partial charge on any atom is -0.463 e. The first-order valence-corrected chi connectivity index (χ1v) is 7.02. The van der Waals surface area contributed by atoms with Crippen LogP contribution in [-0.4, -0.2) is 41.4 Å². The second-order valence-corrected chi connectivity index (χ2v) is 4.94. The second kappa shape index (κ2) is 5.56. The minimum atomic E-state index is -0.756. The molecule has 4 aromatic rings. The summed E-state index contributed by atoms with van der Waals surface area (Å²) in [5.74, 6) is -0.679. The second-order valence-electron chi connectivity index (χ2n) is 4.94. The molecule has 0 aliphatic heterocycles. The van der Waals surface area contributed by atoms with E-state index in [1.165, 1.54) is 29.4 Å². The SMILES string of the molecule is NC(=O)c1ncn2c(-c3ccco3)cc(C(=O)Nc3ncn[nH]3)nc12. The van der Waals surface area contributed by atoms with Gasteiger partial charge in [-0.1, -0.05) is 0 Å². The van der Waals surface area contributed by atoms with Crippen LogP contribution in [0.5, 0.6) is 0 Å². The number of aromatic amines is 1. The van der Waals surface area contributed by atoms with Gasteiger partial charge in [-0.25, -0.2) is 15.1 Å². The maximum absolute atomic E-state index is 12.4. The number of carbonyl (C=O) groups is 2. The lowest BCUT2D eigenvalue weighted by molar-refractivity contribution is 0.0993. The van der Waals surface area contributed by atoms with Crippen molar-refractivity contribution < 1.29 is 14.0 Å². The van der Waals surface area contributed by atoms with Crippen molar-refractivity contribution in [2.24, 2.45) is 5.73 Å². The third kappa shape index (κ3) is 2.49. The fourth-order valence-corrected chi connectivity index (χ4v) is 2.31. The molecule has 0 saturated heterocycles. The third-order valence-corrected chi connectivity index (χ3v) is 3.39. The Balaban J connectivity index is 1.88. The van der Waals surface area contributed by atoms with E-state index in [4.69, 9.17) is 10.2 Å². The molecule has 0 fully saturated rings. The van der Waals surface area contributed by atoms with Crippen molar-refractivity contribution in [3.05, 3.63) is 48.5 Å². The van der Waals surface area contributed by atoms with Gasteiger partial charge in [-0.05, 0) is 18.2 Å². The molecule has 0 saturated carbocycles. The topological polar surface area (TPSA) is 157 Å². The highest BCUT2D eigenvalue weighted by molar-refractivity contribution is 6.04. The lowest BCUT2D eigenvalue weighted by Gasteiger charge is -2.07. The zero-order valence-electron chi connectivity index (χ0n) is 12.5. The highest BCUT2D eigenvalue weighted by Gasteiger charge is 2.20. The maximum Gasteiger partial charge on any atom is 0.276 e. The van der Waals surface area contributed by atoms with E-state index in [0.717, 1.165) is 0 Å². The Morgan fingerprint density at radius 3 is 2.88 bits per heavy atom. The van der Waals surface area contributed by atoms with Crippen molar-refractivity contribution in [2.75, 3.05) is 5.32 Å². The number of fused-ring (bicyclic) bond motifs is 1. The number of nitrogens with two attached hydrogens (primary N) is 1. The molecule has 25 heavy (non-hydrogen) atoms. The monoisotopic (exact) mass is 338 g/mol. The van der Waals surface area contributed by atoms with Crippen LogP contribution in [0.2, 0.25) is 0 Å². The highest BCUT2D eigenvalue weighted by Crippen LogP contribution is 2.23. The predicted octanol–water partition coefficient (Wildman–Crippen LogP) is 0.459. The number of anilines is 1. The number of nitrogens with zero attached hydrogens (tertiary/aromatic N) is 5. The smallest absolute Gasteiger partial charge is 0.276 e. The molecule has 0 bridgehead atoms. The summed E-state index contributed by atoms with van der Waals surface area (Å²) in [5, 5.41) is 8.66. The number of nitrogens with one attached hydrogen (secondary N) is 2. The van der Waals surface area contributed by atoms with E-state index in [9.17, 15) is 9.59 Å². The summed E-state index contributed by atoms with van der Waals surface area (Å²) in [5.41, 5.74) is 5.93. The van der Waals surface area contributed by atoms with E-state index in [1.807, 2.05) is 0 Å². The van der Waals surface area contributed by atoms with Crippen LogP contribution in [0.1, 0.15) is 21.0 Å². The highest BCUT2D eigenvalue weighted by atomic mass is 16.3. The molecule has 11 nitrogen and oxygen atoms in total. The lowest BCUT2D eigenvalue weighted by atomic mass is 10.2. The molecule has 0 spiro atoms. The molecular weight excluding hydrogens is 328 g/mol. The van der Waals surface area contributed by atoms with E-state index in [-0.39, 0.29) is 23.0 Å². The van der Waals surface area contributed by atoms with E-state index in [1.54, 1.807) is 12.1 Å². The van der Waals surface area contributed by atoms with E-state index in [2.05, 4.69) is 30.5 Å². The fraction of sp³-hybridized carbons (Fsp3) is 0. The van der Waals surface area contributed by atoms with Gasteiger partial charge < -0.3 is 10.2 Å². The molecule has 0 aromatic carbocycles. The number of furan rings is 1. The Hall–Kier alpha value is -4.02. The standard InChI is InChI=1S/C14H10N8O3/c15-11(23)10-12-19-7(13(24)20-14-16-5-18-21-14)4-8(22(12)6-17-10)9-2-1-3-25-9/h1-6H,(H2,15,23)(H2,16,18,20,21,24). The first-order valence-electron chi connectivity index (χ1n) is 7.02. The Morgan fingerprint density at radius 1 is 1.32 bits per heavy atom. The van der Waals surface area contributed by atoms with Crippen LogP contribution in [0.15, 0.2) is 41.5 Å². The van der Waals surface area contributed by atoms with Crippen molar-refractivity contribution in [1.29, 1.82) is 0 Å². The number of primary amides is 1. The van der Waals surface area contributed by atoms with Crippen molar-refractivity contribution in [2.45, 2.75) is 0 Å². The zero-order chi connectivity index (χ0) is 17.4. The molecule has 4 aromatic heterocycles. The quantitative estimate of drug-likeness (QED) is 0.487. The minimum absolute atomic E-state index is 0.0262. The first kappa shape index (κ1) is 14.6. The van der Waals surface area contributed by atoms with Crippen molar-refractivity contribution in [1.82, 2.24) is 29.5 Å². The summed E-state index contributed by atoms with van der Waals surface area (Å²) in [7, 11) is 0. The van der Waals surface area contributed by atoms with Crippen molar-refractivity contribution in [3.8, 4) is 11.5 Å². The first-order chi connectivity index (χ1) is 12.1. The molecule has 0 unspecified atom stereocenters. The molecule has 11 heteroatoms. The number of hydrogen-bond acceptors (Lipinski definition) is 7. The van der Waals surface area contributed by atoms with Gasteiger partial charge >= 0.3 is 0 Å². The summed E-state index contributed by atoms with van der Waals surface area (Å²) < 4.78 is 6.90. The number of carbonyl (C=O) groups excluding carboxylic acids is 2. The Labute approximate surface area is 138 Å². The van der Waals surface area contributed by atoms with Gasteiger partial charge in [-0.3, -0.25) is 19.3 Å². The van der Waals surface area contributed by atoms with Gasteiger partial charge in [0.2, 0.25) is 5.95 Å². The van der Waals surface area contributed by atoms with Crippen LogP contribution in [0.3, 0.4) is 0 Å². The number of H-pyrrole nitrogens is 1. The van der Waals surface area contributed by atoms with Crippen molar-refractivity contribution >= 4 is 23.4 Å². The number of amides is 2. The lowest BCUT2D eigenvalue weighted by Crippen LogP contribution is -2.17. The summed E-state index contributed by atoms with van der Waals surface area (Å²) in [6.07, 6.45) is 4.13. The largest absolute Gasteiger partial charge is 0.463 e. The van der Waals surface area contributed by atoms with Gasteiger partial charge in [0, 0.05) is 0 Å². The number of hydrogen-bond donors (Lipinski definition) is 3. The molecule has 0 radical (unpaired) electrons. The zero-order valence-corrected chi connectivity index (χ0v) is 12.5. The van der Waals surface area contributed by atoms with Crippen LogP contribution in [0.4, 0.5) is 5.95 Å². The normalized spacial score (nSPS) is 10.9. The van der Waals surface area contributed by atoms with Crippen LogP contribution >= 0.6 is 0 Å². The van der Waals surface area contributed by atoms with Gasteiger partial charge in [0.25, 0.3) is 11.8 Å². The Kier molecular flexibility index (Phi) is 3.24. The van der Waals surface area contributed by atoms with Gasteiger partial charge in [0.15, 0.2) is 17.1 Å². The molecule has 2 amide bonds.